The Labute approximate surface area is 171 Å². The van der Waals surface area contributed by atoms with Crippen LogP contribution in [-0.2, 0) is 0 Å². The van der Waals surface area contributed by atoms with E-state index in [4.69, 9.17) is 20.6 Å². The zero-order valence-electron chi connectivity index (χ0n) is 27.9. The SMILES string of the molecule is [2H]c1c([2H])c([2H])c2c([nH]c3c([2H])c([2H])c([2H])c(-n4c5c([2H])c([2H])c([2H])c([2H])c5c5c([2H])c([2H])c([2H])c([2H])c54)c32)c1[2H]. The van der Waals surface area contributed by atoms with Gasteiger partial charge in [-0.15, -0.1) is 0 Å². The van der Waals surface area contributed by atoms with E-state index in [2.05, 4.69) is 4.98 Å². The lowest BCUT2D eigenvalue weighted by Gasteiger charge is -2.10. The van der Waals surface area contributed by atoms with Crippen molar-refractivity contribution >= 4 is 43.6 Å². The molecule has 4 aromatic carbocycles. The molecule has 6 aromatic rings. The van der Waals surface area contributed by atoms with E-state index in [-0.39, 0.29) is 49.3 Å². The van der Waals surface area contributed by atoms with Gasteiger partial charge in [-0.3, -0.25) is 0 Å². The molecule has 0 atom stereocenters. The number of hydrogen-bond acceptors (Lipinski definition) is 0. The molecule has 1 N–H and O–H groups in total. The molecule has 0 saturated carbocycles. The molecule has 122 valence electrons. The summed E-state index contributed by atoms with van der Waals surface area (Å²) in [6.07, 6.45) is 0. The van der Waals surface area contributed by atoms with E-state index in [9.17, 15) is 0 Å². The van der Waals surface area contributed by atoms with Crippen molar-refractivity contribution in [2.75, 3.05) is 0 Å². The van der Waals surface area contributed by atoms with Gasteiger partial charge in [0.25, 0.3) is 0 Å². The molecule has 0 radical (unpaired) electrons. The molecule has 0 aliphatic carbocycles. The molecule has 0 aliphatic heterocycles. The minimum Gasteiger partial charge on any atom is -0.354 e. The zero-order valence-corrected chi connectivity index (χ0v) is 12.9. The first-order chi connectivity index (χ1) is 19.1. The van der Waals surface area contributed by atoms with Crippen molar-refractivity contribution < 1.29 is 20.6 Å². The van der Waals surface area contributed by atoms with E-state index in [0.717, 1.165) is 4.57 Å². The summed E-state index contributed by atoms with van der Waals surface area (Å²) in [6, 6.07) is -9.16. The molecule has 26 heavy (non-hydrogen) atoms. The molecule has 2 nitrogen and oxygen atoms in total. The van der Waals surface area contributed by atoms with E-state index < -0.39 is 90.6 Å². The van der Waals surface area contributed by atoms with Gasteiger partial charge in [0, 0.05) is 32.6 Å². The predicted molar refractivity (Wildman–Crippen MR) is 110 cm³/mol. The highest BCUT2D eigenvalue weighted by Crippen LogP contribution is 2.36. The number of aromatic nitrogens is 2. The Balaban J connectivity index is 2.07. The quantitative estimate of drug-likeness (QED) is 0.354. The summed E-state index contributed by atoms with van der Waals surface area (Å²) in [4.78, 5) is 2.77. The van der Waals surface area contributed by atoms with Crippen LogP contribution in [-0.4, -0.2) is 9.55 Å². The summed E-state index contributed by atoms with van der Waals surface area (Å²) in [7, 11) is 0. The van der Waals surface area contributed by atoms with Crippen LogP contribution in [0.1, 0.15) is 20.6 Å². The molecule has 2 heteroatoms. The third-order valence-electron chi connectivity index (χ3n) is 4.30. The fourth-order valence-electron chi connectivity index (χ4n) is 3.26. The predicted octanol–water partition coefficient (Wildman–Crippen LogP) is 6.42. The van der Waals surface area contributed by atoms with Crippen molar-refractivity contribution in [1.29, 1.82) is 0 Å². The van der Waals surface area contributed by atoms with Crippen LogP contribution < -0.4 is 0 Å². The molecule has 2 heterocycles. The number of H-pyrrole nitrogens is 1. The van der Waals surface area contributed by atoms with Crippen molar-refractivity contribution in [3.8, 4) is 5.69 Å². The maximum atomic E-state index is 8.90. The molecule has 6 rings (SSSR count). The van der Waals surface area contributed by atoms with Crippen LogP contribution in [0.4, 0.5) is 0 Å². The molecule has 0 bridgehead atoms. The number of benzene rings is 4. The number of hydrogen-bond donors (Lipinski definition) is 1. The number of rotatable bonds is 1. The van der Waals surface area contributed by atoms with Gasteiger partial charge in [0.1, 0.15) is 0 Å². The normalized spacial score (nSPS) is 19.9. The summed E-state index contributed by atoms with van der Waals surface area (Å²) < 4.78 is 128. The Hall–Kier alpha value is -3.52. The van der Waals surface area contributed by atoms with Crippen molar-refractivity contribution in [1.82, 2.24) is 9.55 Å². The van der Waals surface area contributed by atoms with Crippen molar-refractivity contribution in [3.05, 3.63) is 90.6 Å². The average Bonchev–Trinajstić information content (AvgIpc) is 3.51. The maximum absolute atomic E-state index is 8.90. The molecular weight excluding hydrogens is 316 g/mol. The Bertz CT molecular complexity index is 2130. The third kappa shape index (κ3) is 1.71. The Kier molecular flexibility index (Phi) is 1.10. The van der Waals surface area contributed by atoms with Crippen LogP contribution in [0.3, 0.4) is 0 Å². The monoisotopic (exact) mass is 347 g/mol. The second-order valence-corrected chi connectivity index (χ2v) is 5.63. The molecule has 0 amide bonds. The summed E-state index contributed by atoms with van der Waals surface area (Å²) >= 11 is 0. The van der Waals surface area contributed by atoms with Crippen LogP contribution in [0.2, 0.25) is 0 Å². The average molecular weight is 347 g/mol. The summed E-state index contributed by atoms with van der Waals surface area (Å²) in [5.74, 6) is 0. The van der Waals surface area contributed by atoms with Crippen LogP contribution in [0.15, 0.2) is 90.6 Å². The van der Waals surface area contributed by atoms with E-state index in [1.807, 2.05) is 0 Å². The minimum absolute atomic E-state index is 0.129. The lowest BCUT2D eigenvalue weighted by Crippen LogP contribution is -1.94. The number of para-hydroxylation sites is 3. The summed E-state index contributed by atoms with van der Waals surface area (Å²) in [5, 5.41) is -0.807. The van der Waals surface area contributed by atoms with Crippen molar-refractivity contribution in [2.45, 2.75) is 0 Å². The lowest BCUT2D eigenvalue weighted by atomic mass is 10.1. The number of aromatic amines is 1. The van der Waals surface area contributed by atoms with Gasteiger partial charge < -0.3 is 9.55 Å². The Morgan fingerprint density at radius 1 is 0.577 bits per heavy atom. The number of nitrogens with zero attached hydrogens (tertiary/aromatic N) is 1. The van der Waals surface area contributed by atoms with Gasteiger partial charge in [-0.05, 0) is 30.2 Å². The molecule has 0 fully saturated rings. The van der Waals surface area contributed by atoms with Crippen LogP contribution in [0.5, 0.6) is 0 Å². The molecule has 0 aliphatic rings. The number of fused-ring (bicyclic) bond motifs is 6. The van der Waals surface area contributed by atoms with Crippen LogP contribution in [0, 0.1) is 0 Å². The second kappa shape index (κ2) is 4.99. The van der Waals surface area contributed by atoms with Gasteiger partial charge in [-0.25, -0.2) is 0 Å². The minimum atomic E-state index is -0.686. The van der Waals surface area contributed by atoms with Gasteiger partial charge in [0.2, 0.25) is 0 Å². The highest BCUT2D eigenvalue weighted by Gasteiger charge is 2.15. The Morgan fingerprint density at radius 2 is 1.15 bits per heavy atom. The maximum Gasteiger partial charge on any atom is 0.0645 e. The van der Waals surface area contributed by atoms with Crippen molar-refractivity contribution in [3.63, 3.8) is 0 Å². The fraction of sp³-hybridized carbons (Fsp3) is 0. The van der Waals surface area contributed by atoms with Gasteiger partial charge >= 0.3 is 0 Å². The molecular formula is C24H16N2. The summed E-state index contributed by atoms with van der Waals surface area (Å²) in [5.41, 5.74) is -1.26. The van der Waals surface area contributed by atoms with E-state index in [0.29, 0.717) is 0 Å². The van der Waals surface area contributed by atoms with E-state index in [1.54, 1.807) is 0 Å². The topological polar surface area (TPSA) is 20.7 Å². The largest absolute Gasteiger partial charge is 0.354 e. The molecule has 0 saturated heterocycles. The first-order valence-electron chi connectivity index (χ1n) is 15.2. The smallest absolute Gasteiger partial charge is 0.0645 e. The van der Waals surface area contributed by atoms with Gasteiger partial charge in [-0.2, -0.15) is 0 Å². The van der Waals surface area contributed by atoms with E-state index in [1.165, 1.54) is 0 Å². The van der Waals surface area contributed by atoms with E-state index >= 15 is 0 Å². The van der Waals surface area contributed by atoms with Crippen LogP contribution in [0.25, 0.3) is 49.3 Å². The highest BCUT2D eigenvalue weighted by atomic mass is 15.0. The molecule has 0 spiro atoms. The standard InChI is InChI=1S/C24H16N2/c1-4-11-19-18(10-1)24-20(25-19)12-7-15-23(24)26-21-13-5-2-8-16(21)17-9-3-6-14-22(17)26/h1-15,25H/i1D,2D,3D,4D,5D,6D,7D,8D,9D,10D,11D,12D,13D,14D,15D. The van der Waals surface area contributed by atoms with Crippen molar-refractivity contribution in [2.24, 2.45) is 0 Å². The number of nitrogens with one attached hydrogen (secondary N) is 1. The summed E-state index contributed by atoms with van der Waals surface area (Å²) in [6.45, 7) is 0. The second-order valence-electron chi connectivity index (χ2n) is 5.63. The first kappa shape index (κ1) is 5.75. The first-order valence-corrected chi connectivity index (χ1v) is 7.67. The van der Waals surface area contributed by atoms with Crippen LogP contribution >= 0.6 is 0 Å². The highest BCUT2D eigenvalue weighted by molar-refractivity contribution is 6.15. The fourth-order valence-corrected chi connectivity index (χ4v) is 3.26. The lowest BCUT2D eigenvalue weighted by molar-refractivity contribution is 1.20. The zero-order chi connectivity index (χ0) is 30.1. The van der Waals surface area contributed by atoms with Gasteiger partial charge in [0.15, 0.2) is 0 Å². The third-order valence-corrected chi connectivity index (χ3v) is 4.30. The molecule has 2 aromatic heterocycles. The van der Waals surface area contributed by atoms with Gasteiger partial charge in [-0.1, -0.05) is 60.4 Å². The van der Waals surface area contributed by atoms with Gasteiger partial charge in [0.05, 0.1) is 37.3 Å². The molecule has 0 unspecified atom stereocenters. The Morgan fingerprint density at radius 3 is 1.88 bits per heavy atom.